The number of hydrogen-bond donors (Lipinski definition) is 0. The molecule has 2 unspecified atom stereocenters. The number of Topliss-reactive ketones (excluding diaryl/α,β-unsaturated/α-hetero) is 1. The van der Waals surface area contributed by atoms with Gasteiger partial charge in [0.15, 0.2) is 0 Å². The molecule has 1 aliphatic heterocycles. The highest BCUT2D eigenvalue weighted by Crippen LogP contribution is 2.33. The Bertz CT molecular complexity index is 442. The summed E-state index contributed by atoms with van der Waals surface area (Å²) in [6.45, 7) is 1.91. The highest BCUT2D eigenvalue weighted by Gasteiger charge is 2.38. The van der Waals surface area contributed by atoms with Crippen LogP contribution in [0.1, 0.15) is 37.9 Å². The maximum absolute atomic E-state index is 11.9. The Kier molecular flexibility index (Phi) is 3.16. The van der Waals surface area contributed by atoms with Crippen molar-refractivity contribution in [2.75, 3.05) is 6.54 Å². The van der Waals surface area contributed by atoms with E-state index < -0.39 is 0 Å². The fourth-order valence-electron chi connectivity index (χ4n) is 3.39. The molecule has 2 atom stereocenters. The minimum atomic E-state index is 0.278. The van der Waals surface area contributed by atoms with E-state index in [0.717, 1.165) is 44.6 Å². The number of hydrogen-bond acceptors (Lipinski definition) is 4. The van der Waals surface area contributed by atoms with Crippen LogP contribution >= 0.6 is 0 Å². The third-order valence-electron chi connectivity index (χ3n) is 4.38. The van der Waals surface area contributed by atoms with Gasteiger partial charge in [0.25, 0.3) is 0 Å². The van der Waals surface area contributed by atoms with Crippen molar-refractivity contribution in [2.24, 2.45) is 13.0 Å². The van der Waals surface area contributed by atoms with Crippen LogP contribution in [0.2, 0.25) is 0 Å². The fourth-order valence-corrected chi connectivity index (χ4v) is 3.39. The lowest BCUT2D eigenvalue weighted by Gasteiger charge is -2.27. The molecule has 1 saturated carbocycles. The van der Waals surface area contributed by atoms with Gasteiger partial charge in [0.2, 0.25) is 0 Å². The van der Waals surface area contributed by atoms with E-state index in [2.05, 4.69) is 15.1 Å². The first-order valence-electron chi connectivity index (χ1n) is 6.85. The standard InChI is InChI=1S/C13H20N4O/c1-16-9-14-15-13(16)8-17-7-3-5-11(17)10-4-2-6-12(10)18/h9-11H,2-8H2,1H3. The molecule has 0 radical (unpaired) electrons. The highest BCUT2D eigenvalue weighted by molar-refractivity contribution is 5.83. The van der Waals surface area contributed by atoms with Crippen molar-refractivity contribution in [1.29, 1.82) is 0 Å². The van der Waals surface area contributed by atoms with Crippen LogP contribution in [-0.4, -0.2) is 38.0 Å². The number of carbonyl (C=O) groups excluding carboxylic acids is 1. The molecule has 18 heavy (non-hydrogen) atoms. The van der Waals surface area contributed by atoms with Gasteiger partial charge in [0, 0.05) is 25.4 Å². The molecule has 5 heteroatoms. The van der Waals surface area contributed by atoms with Gasteiger partial charge in [-0.05, 0) is 32.2 Å². The van der Waals surface area contributed by atoms with Crippen LogP contribution < -0.4 is 0 Å². The van der Waals surface area contributed by atoms with Crippen LogP contribution in [0.15, 0.2) is 6.33 Å². The van der Waals surface area contributed by atoms with Crippen molar-refractivity contribution in [3.63, 3.8) is 0 Å². The summed E-state index contributed by atoms with van der Waals surface area (Å²) in [6.07, 6.45) is 7.05. The van der Waals surface area contributed by atoms with E-state index in [4.69, 9.17) is 0 Å². The minimum Gasteiger partial charge on any atom is -0.320 e. The van der Waals surface area contributed by atoms with Crippen molar-refractivity contribution >= 4 is 5.78 Å². The molecule has 3 rings (SSSR count). The molecule has 2 aliphatic rings. The molecule has 98 valence electrons. The first-order chi connectivity index (χ1) is 8.75. The van der Waals surface area contributed by atoms with Gasteiger partial charge in [-0.3, -0.25) is 9.69 Å². The zero-order valence-electron chi connectivity index (χ0n) is 10.9. The number of carbonyl (C=O) groups is 1. The summed E-state index contributed by atoms with van der Waals surface area (Å²) in [7, 11) is 1.97. The Morgan fingerprint density at radius 1 is 1.39 bits per heavy atom. The van der Waals surface area contributed by atoms with Gasteiger partial charge < -0.3 is 4.57 Å². The van der Waals surface area contributed by atoms with Gasteiger partial charge in [0.05, 0.1) is 6.54 Å². The third-order valence-corrected chi connectivity index (χ3v) is 4.38. The molecule has 0 amide bonds. The largest absolute Gasteiger partial charge is 0.320 e. The average Bonchev–Trinajstić information content (AvgIpc) is 3.03. The summed E-state index contributed by atoms with van der Waals surface area (Å²) in [5.41, 5.74) is 0. The molecule has 1 aromatic rings. The van der Waals surface area contributed by atoms with Crippen molar-refractivity contribution in [3.05, 3.63) is 12.2 Å². The smallest absolute Gasteiger partial charge is 0.146 e. The Labute approximate surface area is 107 Å². The maximum atomic E-state index is 11.9. The van der Waals surface area contributed by atoms with Crippen LogP contribution in [0.4, 0.5) is 0 Å². The summed E-state index contributed by atoms with van der Waals surface area (Å²) in [5.74, 6) is 1.75. The van der Waals surface area contributed by atoms with Gasteiger partial charge in [-0.2, -0.15) is 0 Å². The molecule has 0 N–H and O–H groups in total. The summed E-state index contributed by atoms with van der Waals surface area (Å²) < 4.78 is 1.96. The van der Waals surface area contributed by atoms with Gasteiger partial charge in [0.1, 0.15) is 17.9 Å². The normalized spacial score (nSPS) is 29.3. The molecule has 0 spiro atoms. The molecular formula is C13H20N4O. The third kappa shape index (κ3) is 2.07. The van der Waals surface area contributed by atoms with E-state index in [1.54, 1.807) is 6.33 Å². The second-order valence-corrected chi connectivity index (χ2v) is 5.50. The lowest BCUT2D eigenvalue weighted by Crippen LogP contribution is -2.37. The zero-order chi connectivity index (χ0) is 12.5. The highest BCUT2D eigenvalue weighted by atomic mass is 16.1. The number of ketones is 1. The minimum absolute atomic E-state index is 0.278. The number of aromatic nitrogens is 3. The van der Waals surface area contributed by atoms with Crippen molar-refractivity contribution in [2.45, 2.75) is 44.7 Å². The second kappa shape index (κ2) is 4.80. The van der Waals surface area contributed by atoms with Crippen LogP contribution in [0.3, 0.4) is 0 Å². The van der Waals surface area contributed by atoms with Crippen LogP contribution in [0, 0.1) is 5.92 Å². The zero-order valence-corrected chi connectivity index (χ0v) is 10.9. The van der Waals surface area contributed by atoms with Gasteiger partial charge in [-0.15, -0.1) is 10.2 Å². The summed E-state index contributed by atoms with van der Waals surface area (Å²) in [5, 5.41) is 8.07. The topological polar surface area (TPSA) is 51.0 Å². The fraction of sp³-hybridized carbons (Fsp3) is 0.769. The van der Waals surface area contributed by atoms with Gasteiger partial charge in [-0.25, -0.2) is 0 Å². The SMILES string of the molecule is Cn1cnnc1CN1CCCC1C1CCCC1=O. The molecule has 0 bridgehead atoms. The van der Waals surface area contributed by atoms with E-state index in [1.807, 2.05) is 11.6 Å². The molecule has 2 heterocycles. The Balaban J connectivity index is 1.71. The monoisotopic (exact) mass is 248 g/mol. The van der Waals surface area contributed by atoms with Crippen LogP contribution in [0.5, 0.6) is 0 Å². The predicted molar refractivity (Wildman–Crippen MR) is 66.8 cm³/mol. The molecule has 1 saturated heterocycles. The van der Waals surface area contributed by atoms with Crippen molar-refractivity contribution < 1.29 is 4.79 Å². The van der Waals surface area contributed by atoms with Gasteiger partial charge in [-0.1, -0.05) is 0 Å². The number of aryl methyl sites for hydroxylation is 1. The lowest BCUT2D eigenvalue weighted by atomic mass is 9.95. The van der Waals surface area contributed by atoms with E-state index in [0.29, 0.717) is 11.8 Å². The van der Waals surface area contributed by atoms with Crippen molar-refractivity contribution in [1.82, 2.24) is 19.7 Å². The van der Waals surface area contributed by atoms with Crippen molar-refractivity contribution in [3.8, 4) is 0 Å². The predicted octanol–water partition coefficient (Wildman–Crippen LogP) is 1.15. The number of likely N-dealkylation sites (tertiary alicyclic amines) is 1. The number of rotatable bonds is 3. The molecule has 2 fully saturated rings. The summed E-state index contributed by atoms with van der Waals surface area (Å²) in [6, 6.07) is 0.441. The van der Waals surface area contributed by atoms with E-state index in [-0.39, 0.29) is 5.92 Å². The summed E-state index contributed by atoms with van der Waals surface area (Å²) >= 11 is 0. The van der Waals surface area contributed by atoms with Crippen LogP contribution in [0.25, 0.3) is 0 Å². The van der Waals surface area contributed by atoms with Crippen LogP contribution in [-0.2, 0) is 18.4 Å². The summed E-state index contributed by atoms with van der Waals surface area (Å²) in [4.78, 5) is 14.3. The first-order valence-corrected chi connectivity index (χ1v) is 6.85. The quantitative estimate of drug-likeness (QED) is 0.805. The van der Waals surface area contributed by atoms with E-state index >= 15 is 0 Å². The maximum Gasteiger partial charge on any atom is 0.146 e. The molecular weight excluding hydrogens is 228 g/mol. The molecule has 1 aromatic heterocycles. The Morgan fingerprint density at radius 3 is 2.94 bits per heavy atom. The molecule has 5 nitrogen and oxygen atoms in total. The Morgan fingerprint density at radius 2 is 2.28 bits per heavy atom. The lowest BCUT2D eigenvalue weighted by molar-refractivity contribution is -0.122. The molecule has 0 aromatic carbocycles. The Hall–Kier alpha value is -1.23. The number of nitrogens with zero attached hydrogens (tertiary/aromatic N) is 4. The van der Waals surface area contributed by atoms with Gasteiger partial charge >= 0.3 is 0 Å². The second-order valence-electron chi connectivity index (χ2n) is 5.50. The van der Waals surface area contributed by atoms with E-state index in [9.17, 15) is 4.79 Å². The first kappa shape index (κ1) is 11.8. The molecule has 1 aliphatic carbocycles. The van der Waals surface area contributed by atoms with E-state index in [1.165, 1.54) is 6.42 Å². The average molecular weight is 248 g/mol.